The lowest BCUT2D eigenvalue weighted by atomic mass is 9.36. The van der Waals surface area contributed by atoms with Crippen LogP contribution in [-0.4, -0.2) is 6.71 Å². The van der Waals surface area contributed by atoms with E-state index in [0.29, 0.717) is 17.8 Å². The van der Waals surface area contributed by atoms with Gasteiger partial charge in [-0.05, 0) is 156 Å². The smallest absolute Gasteiger partial charge is 0.264 e. The van der Waals surface area contributed by atoms with Crippen LogP contribution in [0.25, 0.3) is 43.5 Å². The molecule has 3 heterocycles. The molecule has 14 rings (SSSR count). The van der Waals surface area contributed by atoms with Crippen molar-refractivity contribution in [3.8, 4) is 33.4 Å². The zero-order chi connectivity index (χ0) is 47.2. The first-order valence-corrected chi connectivity index (χ1v) is 26.1. The first-order valence-electron chi connectivity index (χ1n) is 25.3. The molecule has 0 bridgehead atoms. The van der Waals surface area contributed by atoms with Crippen molar-refractivity contribution in [2.75, 3.05) is 9.80 Å². The molecule has 0 amide bonds. The molecule has 9 aromatic carbocycles. The second kappa shape index (κ2) is 15.3. The zero-order valence-electron chi connectivity index (χ0n) is 40.6. The minimum absolute atomic E-state index is 0.0186. The second-order valence-corrected chi connectivity index (χ2v) is 22.0. The van der Waals surface area contributed by atoms with E-state index in [1.165, 1.54) is 132 Å². The first-order chi connectivity index (χ1) is 34.2. The summed E-state index contributed by atoms with van der Waals surface area (Å²) >= 11 is 2.01. The number of benzene rings is 9. The fraction of sp³-hybridized carbons (Fsp3) is 0.152. The summed E-state index contributed by atoms with van der Waals surface area (Å²) in [6.45, 7) is 14.0. The molecule has 0 saturated heterocycles. The van der Waals surface area contributed by atoms with Crippen molar-refractivity contribution < 1.29 is 0 Å². The summed E-state index contributed by atoms with van der Waals surface area (Å²) < 4.78 is 2.72. The Morgan fingerprint density at radius 1 is 0.443 bits per heavy atom. The van der Waals surface area contributed by atoms with Gasteiger partial charge in [-0.3, -0.25) is 0 Å². The summed E-state index contributed by atoms with van der Waals surface area (Å²) in [5.41, 5.74) is 27.4. The van der Waals surface area contributed by atoms with Gasteiger partial charge in [0.25, 0.3) is 6.71 Å². The van der Waals surface area contributed by atoms with E-state index in [1.807, 2.05) is 11.3 Å². The third-order valence-corrected chi connectivity index (χ3v) is 17.4. The number of nitrogens with zero attached hydrogens (tertiary/aromatic N) is 2. The van der Waals surface area contributed by atoms with Crippen LogP contribution in [0.2, 0.25) is 0 Å². The zero-order valence-corrected chi connectivity index (χ0v) is 41.4. The van der Waals surface area contributed by atoms with E-state index in [-0.39, 0.29) is 6.71 Å². The molecular weight excluding hydrogens is 864 g/mol. The third-order valence-electron chi connectivity index (χ3n) is 16.2. The van der Waals surface area contributed by atoms with Crippen molar-refractivity contribution in [2.45, 2.75) is 64.7 Å². The van der Waals surface area contributed by atoms with Crippen LogP contribution >= 0.6 is 11.3 Å². The predicted octanol–water partition coefficient (Wildman–Crippen LogP) is 16.4. The molecular formula is C66H53BN2S. The van der Waals surface area contributed by atoms with Crippen LogP contribution in [0.4, 0.5) is 34.1 Å². The Balaban J connectivity index is 1.08. The van der Waals surface area contributed by atoms with Crippen LogP contribution in [-0.2, 0) is 5.41 Å². The molecule has 2 aliphatic heterocycles. The molecule has 0 atom stereocenters. The lowest BCUT2D eigenvalue weighted by Gasteiger charge is -2.43. The molecule has 0 saturated carbocycles. The van der Waals surface area contributed by atoms with Gasteiger partial charge < -0.3 is 9.80 Å². The molecule has 4 aliphatic rings. The fourth-order valence-electron chi connectivity index (χ4n) is 13.2. The average molecular weight is 917 g/mol. The monoisotopic (exact) mass is 916 g/mol. The number of hydrogen-bond acceptors (Lipinski definition) is 3. The minimum atomic E-state index is -0.429. The molecule has 1 spiro atoms. The quantitative estimate of drug-likeness (QED) is 0.153. The maximum absolute atomic E-state index is 2.62. The standard InChI is InChI=1S/C66H53BN2S/c1-39(2)42-31-33-50-51-37-52-61(38-56(51)66(55(50)35-42)53-27-15-13-23-48(53)49-24-14-16-28-54(49)66)70-65-64(52)69(45-21-11-8-12-22-45)59-30-18-29-58-63(59)67(65)57-34-32-43(36-60(57)68(58)44-19-9-7-10-20-44)62-46(40(3)4)25-17-26-47(62)41(5)6/h7-41H,1-6H3. The van der Waals surface area contributed by atoms with Gasteiger partial charge >= 0.3 is 0 Å². The highest BCUT2D eigenvalue weighted by molar-refractivity contribution is 7.33. The van der Waals surface area contributed by atoms with Gasteiger partial charge in [0.05, 0.1) is 11.1 Å². The van der Waals surface area contributed by atoms with Crippen LogP contribution < -0.4 is 25.5 Å². The van der Waals surface area contributed by atoms with E-state index in [2.05, 4.69) is 245 Å². The van der Waals surface area contributed by atoms with Crippen LogP contribution in [0.15, 0.2) is 194 Å². The van der Waals surface area contributed by atoms with Gasteiger partial charge in [0.15, 0.2) is 0 Å². The maximum atomic E-state index is 2.62. The number of anilines is 6. The van der Waals surface area contributed by atoms with Crippen molar-refractivity contribution >= 4 is 78.0 Å². The van der Waals surface area contributed by atoms with E-state index < -0.39 is 5.41 Å². The Morgan fingerprint density at radius 3 is 1.66 bits per heavy atom. The third kappa shape index (κ3) is 5.57. The lowest BCUT2D eigenvalue weighted by molar-refractivity contribution is 0.785. The molecule has 4 heteroatoms. The van der Waals surface area contributed by atoms with E-state index in [9.17, 15) is 0 Å². The number of rotatable bonds is 6. The SMILES string of the molecule is CC(C)c1ccc2c(c1)C1(c3ccccc3-c3ccccc31)c1cc3sc4c(c3cc1-2)N(c1ccccc1)c1cccc2c1B4c1ccc(-c3c(C(C)C)cccc3C(C)C)cc1N2c1ccccc1. The molecule has 0 fully saturated rings. The van der Waals surface area contributed by atoms with Gasteiger partial charge in [-0.1, -0.05) is 181 Å². The summed E-state index contributed by atoms with van der Waals surface area (Å²) in [5.74, 6) is 1.18. The first kappa shape index (κ1) is 41.6. The van der Waals surface area contributed by atoms with Gasteiger partial charge in [-0.15, -0.1) is 11.3 Å². The van der Waals surface area contributed by atoms with E-state index in [0.717, 1.165) is 0 Å². The summed E-state index contributed by atoms with van der Waals surface area (Å²) in [7, 11) is 0. The van der Waals surface area contributed by atoms with E-state index in [4.69, 9.17) is 0 Å². The Labute approximate surface area is 416 Å². The molecule has 336 valence electrons. The molecule has 0 unspecified atom stereocenters. The van der Waals surface area contributed by atoms with Gasteiger partial charge in [0.2, 0.25) is 0 Å². The van der Waals surface area contributed by atoms with Gasteiger partial charge in [-0.25, -0.2) is 0 Å². The van der Waals surface area contributed by atoms with Crippen molar-refractivity contribution in [3.63, 3.8) is 0 Å². The van der Waals surface area contributed by atoms with Crippen LogP contribution in [0.1, 0.15) is 98.2 Å². The number of para-hydroxylation sites is 2. The van der Waals surface area contributed by atoms with Crippen LogP contribution in [0.3, 0.4) is 0 Å². The average Bonchev–Trinajstić information content (AvgIpc) is 4.01. The largest absolute Gasteiger partial charge is 0.311 e. The van der Waals surface area contributed by atoms with Crippen molar-refractivity contribution in [3.05, 3.63) is 233 Å². The summed E-state index contributed by atoms with van der Waals surface area (Å²) in [6, 6.07) is 74.6. The molecule has 2 nitrogen and oxygen atoms in total. The molecule has 10 aromatic rings. The second-order valence-electron chi connectivity index (χ2n) is 20.9. The Kier molecular flexibility index (Phi) is 9.09. The maximum Gasteiger partial charge on any atom is 0.264 e. The highest BCUT2D eigenvalue weighted by Gasteiger charge is 2.53. The normalized spacial score (nSPS) is 14.3. The molecule has 0 radical (unpaired) electrons. The van der Waals surface area contributed by atoms with E-state index >= 15 is 0 Å². The highest BCUT2D eigenvalue weighted by atomic mass is 32.1. The molecule has 1 aromatic heterocycles. The number of fused-ring (bicyclic) bond motifs is 16. The Bertz CT molecular complexity index is 3720. The van der Waals surface area contributed by atoms with Crippen molar-refractivity contribution in [1.82, 2.24) is 0 Å². The summed E-state index contributed by atoms with van der Waals surface area (Å²) in [5, 5.41) is 1.31. The topological polar surface area (TPSA) is 6.48 Å². The highest BCUT2D eigenvalue weighted by Crippen LogP contribution is 2.64. The van der Waals surface area contributed by atoms with E-state index in [1.54, 1.807) is 0 Å². The van der Waals surface area contributed by atoms with Gasteiger partial charge in [0.1, 0.15) is 0 Å². The van der Waals surface area contributed by atoms with Crippen LogP contribution in [0, 0.1) is 0 Å². The van der Waals surface area contributed by atoms with Crippen molar-refractivity contribution in [1.29, 1.82) is 0 Å². The Morgan fingerprint density at radius 2 is 1.01 bits per heavy atom. The molecule has 70 heavy (non-hydrogen) atoms. The Hall–Kier alpha value is -7.40. The lowest BCUT2D eigenvalue weighted by Crippen LogP contribution is -2.60. The fourth-order valence-corrected chi connectivity index (χ4v) is 14.5. The summed E-state index contributed by atoms with van der Waals surface area (Å²) in [4.78, 5) is 5.15. The van der Waals surface area contributed by atoms with Crippen LogP contribution in [0.5, 0.6) is 0 Å². The summed E-state index contributed by atoms with van der Waals surface area (Å²) in [6.07, 6.45) is 0. The van der Waals surface area contributed by atoms with Crippen molar-refractivity contribution in [2.24, 2.45) is 0 Å². The number of thiophene rings is 1. The predicted molar refractivity (Wildman–Crippen MR) is 300 cm³/mol. The molecule has 0 N–H and O–H groups in total. The minimum Gasteiger partial charge on any atom is -0.311 e. The molecule has 2 aliphatic carbocycles. The van der Waals surface area contributed by atoms with Gasteiger partial charge in [-0.2, -0.15) is 0 Å². The number of hydrogen-bond donors (Lipinski definition) is 0. The van der Waals surface area contributed by atoms with Gasteiger partial charge in [0, 0.05) is 43.3 Å².